The highest BCUT2D eigenvalue weighted by Crippen LogP contribution is 2.48. The lowest BCUT2D eigenvalue weighted by molar-refractivity contribution is -0.193. The fourth-order valence-corrected chi connectivity index (χ4v) is 3.60. The predicted octanol–water partition coefficient (Wildman–Crippen LogP) is 2.70. The normalized spacial score (nSPS) is 23.4. The number of hydrogen-bond acceptors (Lipinski definition) is 5. The lowest BCUT2D eigenvalue weighted by Gasteiger charge is -2.35. The molecule has 0 spiro atoms. The molecule has 3 rings (SSSR count). The molecule has 1 atom stereocenters. The van der Waals surface area contributed by atoms with Crippen LogP contribution in [0.2, 0.25) is 0 Å². The minimum Gasteiger partial charge on any atom is -0.507 e. The molecule has 23 heavy (non-hydrogen) atoms. The maximum absolute atomic E-state index is 11.1. The Morgan fingerprint density at radius 2 is 2.00 bits per heavy atom. The summed E-state index contributed by atoms with van der Waals surface area (Å²) in [7, 11) is 0. The second-order valence-corrected chi connectivity index (χ2v) is 7.35. The summed E-state index contributed by atoms with van der Waals surface area (Å²) in [6.45, 7) is 7.82. The molecular weight excluding hydrogens is 298 g/mol. The number of carboxylic acids is 1. The number of hydroxylamine groups is 2. The average molecular weight is 319 g/mol. The van der Waals surface area contributed by atoms with Gasteiger partial charge in [0.1, 0.15) is 17.1 Å². The number of carboxylic acid groups (broad SMARTS) is 1. The average Bonchev–Trinajstić information content (AvgIpc) is 2.90. The third-order valence-electron chi connectivity index (χ3n) is 4.85. The Hall–Kier alpha value is -2.12. The quantitative estimate of drug-likeness (QED) is 0.677. The van der Waals surface area contributed by atoms with E-state index in [0.717, 1.165) is 0 Å². The van der Waals surface area contributed by atoms with Gasteiger partial charge in [-0.1, -0.05) is 0 Å². The van der Waals surface area contributed by atoms with Crippen molar-refractivity contribution < 1.29 is 20.2 Å². The Bertz CT molecular complexity index is 794. The molecule has 124 valence electrons. The lowest BCUT2D eigenvalue weighted by atomic mass is 9.86. The SMILES string of the molecule is CC1(C)CC(c2nc3cc(O)c(C(=O)O)cc3[nH]2)C(C)(C)N1O. The summed E-state index contributed by atoms with van der Waals surface area (Å²) in [5.41, 5.74) is -0.00787. The molecule has 0 radical (unpaired) electrons. The Kier molecular flexibility index (Phi) is 3.21. The molecule has 1 aliphatic heterocycles. The van der Waals surface area contributed by atoms with Crippen LogP contribution in [0.5, 0.6) is 5.75 Å². The van der Waals surface area contributed by atoms with Gasteiger partial charge in [0.2, 0.25) is 0 Å². The van der Waals surface area contributed by atoms with E-state index in [-0.39, 0.29) is 22.8 Å². The van der Waals surface area contributed by atoms with Gasteiger partial charge in [-0.2, -0.15) is 5.06 Å². The largest absolute Gasteiger partial charge is 0.507 e. The van der Waals surface area contributed by atoms with Gasteiger partial charge in [-0.3, -0.25) is 0 Å². The number of carbonyl (C=O) groups is 1. The van der Waals surface area contributed by atoms with Gasteiger partial charge in [-0.25, -0.2) is 9.78 Å². The number of hydrogen-bond donors (Lipinski definition) is 4. The molecule has 0 bridgehead atoms. The van der Waals surface area contributed by atoms with Crippen LogP contribution in [0.1, 0.15) is 56.2 Å². The van der Waals surface area contributed by atoms with Crippen molar-refractivity contribution in [3.8, 4) is 5.75 Å². The molecule has 0 saturated carbocycles. The highest BCUT2D eigenvalue weighted by Gasteiger charge is 2.52. The highest BCUT2D eigenvalue weighted by molar-refractivity contribution is 5.95. The van der Waals surface area contributed by atoms with Crippen molar-refractivity contribution in [2.45, 2.75) is 51.1 Å². The molecule has 1 saturated heterocycles. The van der Waals surface area contributed by atoms with E-state index in [1.807, 2.05) is 27.7 Å². The molecule has 7 nitrogen and oxygen atoms in total. The number of rotatable bonds is 2. The molecule has 4 N–H and O–H groups in total. The van der Waals surface area contributed by atoms with E-state index in [0.29, 0.717) is 23.3 Å². The zero-order valence-electron chi connectivity index (χ0n) is 13.6. The van der Waals surface area contributed by atoms with Crippen molar-refractivity contribution in [2.75, 3.05) is 0 Å². The fourth-order valence-electron chi connectivity index (χ4n) is 3.60. The second kappa shape index (κ2) is 4.69. The van der Waals surface area contributed by atoms with Crippen LogP contribution >= 0.6 is 0 Å². The number of aromatic carboxylic acids is 1. The third kappa shape index (κ3) is 2.27. The third-order valence-corrected chi connectivity index (χ3v) is 4.85. The van der Waals surface area contributed by atoms with Gasteiger partial charge < -0.3 is 20.4 Å². The number of imidazole rings is 1. The number of aromatic amines is 1. The van der Waals surface area contributed by atoms with E-state index >= 15 is 0 Å². The molecule has 2 aromatic rings. The van der Waals surface area contributed by atoms with E-state index in [4.69, 9.17) is 5.11 Å². The van der Waals surface area contributed by atoms with E-state index in [2.05, 4.69) is 9.97 Å². The van der Waals surface area contributed by atoms with Crippen LogP contribution in [0.4, 0.5) is 0 Å². The number of nitrogens with zero attached hydrogens (tertiary/aromatic N) is 2. The fraction of sp³-hybridized carbons (Fsp3) is 0.500. The molecule has 7 heteroatoms. The molecule has 1 aliphatic rings. The van der Waals surface area contributed by atoms with Crippen LogP contribution in [0, 0.1) is 0 Å². The molecule has 1 unspecified atom stereocenters. The molecule has 1 fully saturated rings. The second-order valence-electron chi connectivity index (χ2n) is 7.35. The number of aromatic hydroxyl groups is 1. The van der Waals surface area contributed by atoms with Gasteiger partial charge in [0.15, 0.2) is 0 Å². The molecule has 0 amide bonds. The number of benzene rings is 1. The standard InChI is InChI=1S/C16H21N3O4/c1-15(2)7-9(16(3,4)19(15)23)13-17-10-5-8(14(21)22)12(20)6-11(10)18-13/h5-6,9,20,23H,7H2,1-4H3,(H,17,18)(H,21,22). The zero-order chi connectivity index (χ0) is 17.2. The van der Waals surface area contributed by atoms with Crippen molar-refractivity contribution in [3.05, 3.63) is 23.5 Å². The minimum atomic E-state index is -1.19. The van der Waals surface area contributed by atoms with Gasteiger partial charge in [0.25, 0.3) is 0 Å². The summed E-state index contributed by atoms with van der Waals surface area (Å²) in [5, 5.41) is 30.7. The molecular formula is C16H21N3O4. The Balaban J connectivity index is 2.09. The lowest BCUT2D eigenvalue weighted by Crippen LogP contribution is -2.46. The number of fused-ring (bicyclic) bond motifs is 1. The Morgan fingerprint density at radius 3 is 2.52 bits per heavy atom. The smallest absolute Gasteiger partial charge is 0.339 e. The first-order valence-corrected chi connectivity index (χ1v) is 7.49. The predicted molar refractivity (Wildman–Crippen MR) is 83.9 cm³/mol. The van der Waals surface area contributed by atoms with Crippen molar-refractivity contribution in [2.24, 2.45) is 0 Å². The molecule has 1 aromatic carbocycles. The number of H-pyrrole nitrogens is 1. The van der Waals surface area contributed by atoms with Crippen molar-refractivity contribution in [3.63, 3.8) is 0 Å². The highest BCUT2D eigenvalue weighted by atomic mass is 16.5. The summed E-state index contributed by atoms with van der Waals surface area (Å²) in [6.07, 6.45) is 0.702. The zero-order valence-corrected chi connectivity index (χ0v) is 13.6. The molecule has 2 heterocycles. The van der Waals surface area contributed by atoms with E-state index in [9.17, 15) is 15.1 Å². The monoisotopic (exact) mass is 319 g/mol. The summed E-state index contributed by atoms with van der Waals surface area (Å²) >= 11 is 0. The van der Waals surface area contributed by atoms with Crippen molar-refractivity contribution >= 4 is 17.0 Å². The Labute approximate surface area is 133 Å². The van der Waals surface area contributed by atoms with Crippen LogP contribution in [0.3, 0.4) is 0 Å². The maximum atomic E-state index is 11.1. The van der Waals surface area contributed by atoms with Crippen LogP contribution in [-0.2, 0) is 0 Å². The van der Waals surface area contributed by atoms with E-state index < -0.39 is 11.5 Å². The molecule has 0 aliphatic carbocycles. The number of phenols is 1. The summed E-state index contributed by atoms with van der Waals surface area (Å²) in [4.78, 5) is 18.8. The van der Waals surface area contributed by atoms with Gasteiger partial charge in [0.05, 0.1) is 16.6 Å². The first kappa shape index (κ1) is 15.8. The van der Waals surface area contributed by atoms with Crippen molar-refractivity contribution in [1.82, 2.24) is 15.0 Å². The van der Waals surface area contributed by atoms with Crippen LogP contribution in [0.15, 0.2) is 12.1 Å². The van der Waals surface area contributed by atoms with Gasteiger partial charge in [0, 0.05) is 17.5 Å². The van der Waals surface area contributed by atoms with Crippen LogP contribution < -0.4 is 0 Å². The number of nitrogens with one attached hydrogen (secondary N) is 1. The van der Waals surface area contributed by atoms with Gasteiger partial charge in [-0.15, -0.1) is 0 Å². The minimum absolute atomic E-state index is 0.0506. The first-order valence-electron chi connectivity index (χ1n) is 7.49. The van der Waals surface area contributed by atoms with Gasteiger partial charge >= 0.3 is 5.97 Å². The van der Waals surface area contributed by atoms with Crippen LogP contribution in [0.25, 0.3) is 11.0 Å². The van der Waals surface area contributed by atoms with E-state index in [1.54, 1.807) is 0 Å². The summed E-state index contributed by atoms with van der Waals surface area (Å²) in [5.74, 6) is -0.871. The molecule has 1 aromatic heterocycles. The van der Waals surface area contributed by atoms with E-state index in [1.165, 1.54) is 17.2 Å². The number of aromatic nitrogens is 2. The summed E-state index contributed by atoms with van der Waals surface area (Å²) < 4.78 is 0. The Morgan fingerprint density at radius 1 is 1.35 bits per heavy atom. The first-order chi connectivity index (χ1) is 10.5. The van der Waals surface area contributed by atoms with Gasteiger partial charge in [-0.05, 0) is 40.2 Å². The topological polar surface area (TPSA) is 110 Å². The maximum Gasteiger partial charge on any atom is 0.339 e. The van der Waals surface area contributed by atoms with Crippen molar-refractivity contribution in [1.29, 1.82) is 0 Å². The van der Waals surface area contributed by atoms with Crippen LogP contribution in [-0.4, -0.2) is 47.5 Å². The summed E-state index contributed by atoms with van der Waals surface area (Å²) in [6, 6.07) is 2.73.